The van der Waals surface area contributed by atoms with E-state index in [-0.39, 0.29) is 17.6 Å². The molecule has 0 amide bonds. The summed E-state index contributed by atoms with van der Waals surface area (Å²) in [5.74, 6) is 0.494. The Labute approximate surface area is 167 Å². The summed E-state index contributed by atoms with van der Waals surface area (Å²) < 4.78 is 29.1. The topological polar surface area (TPSA) is 127 Å². The van der Waals surface area contributed by atoms with Gasteiger partial charge >= 0.3 is 0 Å². The average Bonchev–Trinajstić information content (AvgIpc) is 3.10. The summed E-state index contributed by atoms with van der Waals surface area (Å²) in [5, 5.41) is 19.8. The number of pyridine rings is 1. The lowest BCUT2D eigenvalue weighted by atomic mass is 10.2. The second-order valence-electron chi connectivity index (χ2n) is 6.23. The second-order valence-corrected chi connectivity index (χ2v) is 8.65. The molecule has 0 spiro atoms. The molecule has 0 aliphatic heterocycles. The monoisotopic (exact) mass is 420 g/mol. The van der Waals surface area contributed by atoms with Crippen LogP contribution in [0, 0.1) is 0 Å². The molecule has 0 aliphatic rings. The Morgan fingerprint density at radius 1 is 1.29 bits per heavy atom. The predicted octanol–water partition coefficient (Wildman–Crippen LogP) is 2.88. The van der Waals surface area contributed by atoms with Crippen LogP contribution in [0.4, 0.5) is 10.8 Å². The Balaban J connectivity index is 1.90. The van der Waals surface area contributed by atoms with Gasteiger partial charge in [0.1, 0.15) is 5.75 Å². The van der Waals surface area contributed by atoms with E-state index in [9.17, 15) is 8.42 Å². The first kappa shape index (κ1) is 20.2. The number of aromatic nitrogens is 2. The molecule has 4 N–H and O–H groups in total. The van der Waals surface area contributed by atoms with Gasteiger partial charge in [-0.1, -0.05) is 0 Å². The molecule has 0 fully saturated rings. The van der Waals surface area contributed by atoms with Crippen LogP contribution in [0.1, 0.15) is 19.5 Å². The highest BCUT2D eigenvalue weighted by molar-refractivity contribution is 7.89. The van der Waals surface area contributed by atoms with Crippen molar-refractivity contribution in [3.63, 3.8) is 0 Å². The van der Waals surface area contributed by atoms with Crippen LogP contribution in [0.5, 0.6) is 5.75 Å². The van der Waals surface area contributed by atoms with Gasteiger partial charge in [-0.05, 0) is 44.2 Å². The molecule has 10 heteroatoms. The highest BCUT2D eigenvalue weighted by Crippen LogP contribution is 2.33. The maximum absolute atomic E-state index is 11.7. The smallest absolute Gasteiger partial charge is 0.238 e. The quantitative estimate of drug-likeness (QED) is 0.536. The first-order valence-electron chi connectivity index (χ1n) is 8.38. The molecule has 2 aromatic heterocycles. The van der Waals surface area contributed by atoms with E-state index >= 15 is 0 Å². The zero-order valence-corrected chi connectivity index (χ0v) is 16.9. The molecule has 0 saturated carbocycles. The molecule has 0 radical (unpaired) electrons. The largest absolute Gasteiger partial charge is 0.489 e. The van der Waals surface area contributed by atoms with Gasteiger partial charge in [0.25, 0.3) is 0 Å². The van der Waals surface area contributed by atoms with Gasteiger partial charge in [0.15, 0.2) is 5.13 Å². The maximum Gasteiger partial charge on any atom is 0.238 e. The van der Waals surface area contributed by atoms with E-state index in [1.165, 1.54) is 23.5 Å². The third-order valence-electron chi connectivity index (χ3n) is 3.67. The van der Waals surface area contributed by atoms with Crippen molar-refractivity contribution >= 4 is 32.2 Å². The van der Waals surface area contributed by atoms with Crippen LogP contribution in [-0.4, -0.2) is 29.6 Å². The molecule has 0 atom stereocenters. The Morgan fingerprint density at radius 3 is 2.68 bits per heavy atom. The Kier molecular flexibility index (Phi) is 5.94. The molecule has 148 valence electrons. The van der Waals surface area contributed by atoms with Crippen molar-refractivity contribution in [1.82, 2.24) is 9.97 Å². The Morgan fingerprint density at radius 2 is 2.07 bits per heavy atom. The molecule has 8 nitrogen and oxygen atoms in total. The van der Waals surface area contributed by atoms with Crippen molar-refractivity contribution in [2.75, 3.05) is 5.32 Å². The van der Waals surface area contributed by atoms with Crippen LogP contribution >= 0.6 is 11.3 Å². The van der Waals surface area contributed by atoms with E-state index in [4.69, 9.17) is 15.0 Å². The highest BCUT2D eigenvalue weighted by Gasteiger charge is 2.15. The zero-order valence-electron chi connectivity index (χ0n) is 15.3. The molecule has 28 heavy (non-hydrogen) atoms. The molecular formula is C18H20N4O4S2. The van der Waals surface area contributed by atoms with Crippen molar-refractivity contribution in [3.05, 3.63) is 47.6 Å². The van der Waals surface area contributed by atoms with Crippen molar-refractivity contribution < 1.29 is 18.3 Å². The first-order valence-corrected chi connectivity index (χ1v) is 10.8. The van der Waals surface area contributed by atoms with Crippen molar-refractivity contribution in [2.24, 2.45) is 5.14 Å². The van der Waals surface area contributed by atoms with Crippen LogP contribution in [-0.2, 0) is 16.6 Å². The number of benzene rings is 1. The lowest BCUT2D eigenvalue weighted by Crippen LogP contribution is -2.13. The number of nitrogens with one attached hydrogen (secondary N) is 1. The standard InChI is InChI=1S/C18H20N4O4S2/c1-11(2)26-17-6-5-14(28(19,24)25)7-15(17)21-18-22-16(10-27-18)12-3-4-13(9-23)20-8-12/h3-8,10-11,23H,9H2,1-2H3,(H,21,22)(H2,19,24,25). The number of hydrogen-bond acceptors (Lipinski definition) is 8. The van der Waals surface area contributed by atoms with Crippen molar-refractivity contribution in [1.29, 1.82) is 0 Å². The third kappa shape index (κ3) is 4.84. The summed E-state index contributed by atoms with van der Waals surface area (Å²) in [6.45, 7) is 3.63. The number of nitrogens with two attached hydrogens (primary N) is 1. The average molecular weight is 421 g/mol. The van der Waals surface area contributed by atoms with Crippen molar-refractivity contribution in [3.8, 4) is 17.0 Å². The summed E-state index contributed by atoms with van der Waals surface area (Å²) >= 11 is 1.35. The lowest BCUT2D eigenvalue weighted by molar-refractivity contribution is 0.243. The van der Waals surface area contributed by atoms with E-state index in [1.807, 2.05) is 25.3 Å². The van der Waals surface area contributed by atoms with Crippen LogP contribution in [0.25, 0.3) is 11.3 Å². The number of hydrogen-bond donors (Lipinski definition) is 3. The fraction of sp³-hybridized carbons (Fsp3) is 0.222. The van der Waals surface area contributed by atoms with Gasteiger partial charge < -0.3 is 15.2 Å². The maximum atomic E-state index is 11.7. The number of anilines is 2. The van der Waals surface area contributed by atoms with Gasteiger partial charge in [-0.15, -0.1) is 11.3 Å². The molecule has 1 aromatic carbocycles. The third-order valence-corrected chi connectivity index (χ3v) is 5.34. The van der Waals surface area contributed by atoms with Gasteiger partial charge in [0.2, 0.25) is 10.0 Å². The molecule has 3 rings (SSSR count). The van der Waals surface area contributed by atoms with Gasteiger partial charge in [-0.3, -0.25) is 4.98 Å². The SMILES string of the molecule is CC(C)Oc1ccc(S(N)(=O)=O)cc1Nc1nc(-c2ccc(CO)nc2)cs1. The molecular weight excluding hydrogens is 400 g/mol. The van der Waals surface area contributed by atoms with Gasteiger partial charge in [0, 0.05) is 17.1 Å². The molecule has 0 aliphatic carbocycles. The minimum absolute atomic E-state index is 0.0216. The van der Waals surface area contributed by atoms with Gasteiger partial charge in [-0.2, -0.15) is 0 Å². The van der Waals surface area contributed by atoms with Crippen LogP contribution in [0.2, 0.25) is 0 Å². The summed E-state index contributed by atoms with van der Waals surface area (Å²) in [4.78, 5) is 8.64. The fourth-order valence-corrected chi connectivity index (χ4v) is 3.66. The Hall–Kier alpha value is -2.53. The van der Waals surface area contributed by atoms with E-state index in [0.717, 1.165) is 5.56 Å². The number of sulfonamides is 1. The van der Waals surface area contributed by atoms with Gasteiger partial charge in [0.05, 0.1) is 34.7 Å². The Bertz CT molecular complexity index is 1060. The highest BCUT2D eigenvalue weighted by atomic mass is 32.2. The molecule has 2 heterocycles. The number of aliphatic hydroxyl groups is 1. The predicted molar refractivity (Wildman–Crippen MR) is 108 cm³/mol. The summed E-state index contributed by atoms with van der Waals surface area (Å²) in [5.41, 5.74) is 2.54. The molecule has 0 saturated heterocycles. The fourth-order valence-electron chi connectivity index (χ4n) is 2.39. The molecule has 0 bridgehead atoms. The van der Waals surface area contributed by atoms with E-state index in [0.29, 0.717) is 28.0 Å². The number of thiazole rings is 1. The van der Waals surface area contributed by atoms with Crippen LogP contribution in [0.3, 0.4) is 0 Å². The second kappa shape index (κ2) is 8.23. The van der Waals surface area contributed by atoms with Crippen LogP contribution < -0.4 is 15.2 Å². The first-order chi connectivity index (χ1) is 13.3. The number of aliphatic hydroxyl groups excluding tert-OH is 1. The van der Waals surface area contributed by atoms with E-state index in [2.05, 4.69) is 15.3 Å². The molecule has 0 unspecified atom stereocenters. The van der Waals surface area contributed by atoms with E-state index < -0.39 is 10.0 Å². The van der Waals surface area contributed by atoms with Crippen LogP contribution in [0.15, 0.2) is 46.8 Å². The number of ether oxygens (including phenoxy) is 1. The zero-order chi connectivity index (χ0) is 20.3. The minimum Gasteiger partial charge on any atom is -0.489 e. The summed E-state index contributed by atoms with van der Waals surface area (Å²) in [7, 11) is -3.85. The van der Waals surface area contributed by atoms with Gasteiger partial charge in [-0.25, -0.2) is 18.5 Å². The minimum atomic E-state index is -3.85. The number of nitrogens with zero attached hydrogens (tertiary/aromatic N) is 2. The number of primary sulfonamides is 1. The molecule has 3 aromatic rings. The summed E-state index contributed by atoms with van der Waals surface area (Å²) in [6, 6.07) is 7.94. The van der Waals surface area contributed by atoms with Crippen molar-refractivity contribution in [2.45, 2.75) is 31.5 Å². The van der Waals surface area contributed by atoms with E-state index in [1.54, 1.807) is 18.3 Å². The number of rotatable bonds is 7. The summed E-state index contributed by atoms with van der Waals surface area (Å²) in [6.07, 6.45) is 1.54. The normalized spacial score (nSPS) is 11.6. The lowest BCUT2D eigenvalue weighted by Gasteiger charge is -2.15.